The number of aliphatic hydroxyl groups excluding tert-OH is 1. The fourth-order valence-electron chi connectivity index (χ4n) is 0.585. The lowest BCUT2D eigenvalue weighted by Gasteiger charge is -1.98. The highest BCUT2D eigenvalue weighted by molar-refractivity contribution is 5.76. The minimum absolute atomic E-state index is 0.0144. The second-order valence-corrected chi connectivity index (χ2v) is 2.00. The predicted molar refractivity (Wildman–Crippen MR) is 36.1 cm³/mol. The molecule has 1 N–H and O–H groups in total. The van der Waals surface area contributed by atoms with Gasteiger partial charge in [0.15, 0.2) is 0 Å². The predicted octanol–water partition coefficient (Wildman–Crippen LogP) is 0.903. The van der Waals surface area contributed by atoms with Crippen molar-refractivity contribution in [2.24, 2.45) is 0 Å². The molecule has 0 aliphatic rings. The van der Waals surface area contributed by atoms with Crippen LogP contribution in [0.5, 0.6) is 0 Å². The Balaban J connectivity index is 3.50. The maximum Gasteiger partial charge on any atom is 0.132 e. The number of rotatable bonds is 3. The van der Waals surface area contributed by atoms with Crippen molar-refractivity contribution in [2.45, 2.75) is 26.4 Å². The Kier molecular flexibility index (Phi) is 3.97. The molecule has 0 bridgehead atoms. The van der Waals surface area contributed by atoms with Crippen LogP contribution >= 0.6 is 0 Å². The highest BCUT2D eigenvalue weighted by Gasteiger charge is 2.00. The third-order valence-electron chi connectivity index (χ3n) is 0.911. The summed E-state index contributed by atoms with van der Waals surface area (Å²) in [5.41, 5.74) is 0. The van der Waals surface area contributed by atoms with E-state index < -0.39 is 6.10 Å². The van der Waals surface area contributed by atoms with Gasteiger partial charge in [-0.1, -0.05) is 12.2 Å². The molecule has 52 valence electrons. The van der Waals surface area contributed by atoms with E-state index in [0.717, 1.165) is 0 Å². The van der Waals surface area contributed by atoms with Crippen molar-refractivity contribution in [1.29, 1.82) is 0 Å². The number of carbonyl (C=O) groups excluding carboxylic acids is 1. The van der Waals surface area contributed by atoms with Crippen LogP contribution in [0.15, 0.2) is 12.2 Å². The second kappa shape index (κ2) is 4.27. The molecule has 0 aromatic carbocycles. The van der Waals surface area contributed by atoms with E-state index in [1.54, 1.807) is 12.2 Å². The van der Waals surface area contributed by atoms with Crippen LogP contribution in [0.2, 0.25) is 0 Å². The molecule has 2 nitrogen and oxygen atoms in total. The van der Waals surface area contributed by atoms with E-state index in [9.17, 15) is 4.79 Å². The molecule has 0 aromatic heterocycles. The molecule has 0 amide bonds. The number of allylic oxidation sites excluding steroid dienone is 1. The molecule has 0 saturated heterocycles. The Morgan fingerprint density at radius 3 is 2.67 bits per heavy atom. The highest BCUT2D eigenvalue weighted by Crippen LogP contribution is 1.93. The molecular weight excluding hydrogens is 116 g/mol. The van der Waals surface area contributed by atoms with Gasteiger partial charge in [-0.05, 0) is 13.8 Å². The summed E-state index contributed by atoms with van der Waals surface area (Å²) in [4.78, 5) is 10.3. The van der Waals surface area contributed by atoms with Crippen molar-refractivity contribution in [3.05, 3.63) is 12.2 Å². The monoisotopic (exact) mass is 128 g/mol. The van der Waals surface area contributed by atoms with Crippen molar-refractivity contribution in [1.82, 2.24) is 0 Å². The van der Waals surface area contributed by atoms with Crippen molar-refractivity contribution in [3.8, 4) is 0 Å². The van der Waals surface area contributed by atoms with Crippen molar-refractivity contribution < 1.29 is 9.90 Å². The van der Waals surface area contributed by atoms with E-state index in [1.165, 1.54) is 6.92 Å². The van der Waals surface area contributed by atoms with Crippen LogP contribution in [0, 0.1) is 0 Å². The fraction of sp³-hybridized carbons (Fsp3) is 0.571. The first-order valence-corrected chi connectivity index (χ1v) is 2.97. The lowest BCUT2D eigenvalue weighted by Crippen LogP contribution is -2.06. The topological polar surface area (TPSA) is 37.3 Å². The minimum Gasteiger partial charge on any atom is -0.389 e. The summed E-state index contributed by atoms with van der Waals surface area (Å²) < 4.78 is 0. The third kappa shape index (κ3) is 5.24. The zero-order valence-corrected chi connectivity index (χ0v) is 5.79. The van der Waals surface area contributed by atoms with Crippen molar-refractivity contribution >= 4 is 5.78 Å². The number of hydrogen-bond donors (Lipinski definition) is 1. The van der Waals surface area contributed by atoms with Crippen molar-refractivity contribution in [2.75, 3.05) is 0 Å². The summed E-state index contributed by atoms with van der Waals surface area (Å²) in [5.74, 6) is 0.0144. The largest absolute Gasteiger partial charge is 0.389 e. The van der Waals surface area contributed by atoms with Gasteiger partial charge < -0.3 is 5.11 Å². The molecule has 0 rings (SSSR count). The minimum atomic E-state index is -0.590. The summed E-state index contributed by atoms with van der Waals surface area (Å²) in [6, 6.07) is 0. The van der Waals surface area contributed by atoms with Gasteiger partial charge in [-0.2, -0.15) is 0 Å². The van der Waals surface area contributed by atoms with Crippen LogP contribution in [0.1, 0.15) is 20.3 Å². The Bertz CT molecular complexity index is 116. The highest BCUT2D eigenvalue weighted by atomic mass is 16.3. The molecule has 1 atom stereocenters. The maximum absolute atomic E-state index is 10.3. The summed E-state index contributed by atoms with van der Waals surface area (Å²) in [7, 11) is 0. The van der Waals surface area contributed by atoms with E-state index in [4.69, 9.17) is 5.11 Å². The van der Waals surface area contributed by atoms with E-state index in [2.05, 4.69) is 0 Å². The van der Waals surface area contributed by atoms with Gasteiger partial charge in [-0.15, -0.1) is 0 Å². The Labute approximate surface area is 55.2 Å². The van der Waals surface area contributed by atoms with Gasteiger partial charge in [0.2, 0.25) is 0 Å². The first-order chi connectivity index (χ1) is 4.16. The molecule has 1 unspecified atom stereocenters. The molecule has 2 heteroatoms. The smallest absolute Gasteiger partial charge is 0.132 e. The van der Waals surface area contributed by atoms with E-state index >= 15 is 0 Å². The van der Waals surface area contributed by atoms with Crippen LogP contribution in [-0.4, -0.2) is 17.0 Å². The molecule has 0 saturated carbocycles. The summed E-state index contributed by atoms with van der Waals surface area (Å²) in [6.07, 6.45) is 2.96. The molecule has 0 heterocycles. The molecule has 0 aromatic rings. The first-order valence-electron chi connectivity index (χ1n) is 2.97. The van der Waals surface area contributed by atoms with Gasteiger partial charge in [-0.25, -0.2) is 0 Å². The van der Waals surface area contributed by atoms with Crippen LogP contribution in [0.25, 0.3) is 0 Å². The number of hydrogen-bond acceptors (Lipinski definition) is 2. The van der Waals surface area contributed by atoms with Crippen LogP contribution in [0.4, 0.5) is 0 Å². The molecular formula is C7H12O2. The summed E-state index contributed by atoms with van der Waals surface area (Å²) in [6.45, 7) is 3.27. The SMILES string of the molecule is C/C=C/C(O)CC(C)=O. The average Bonchev–Trinajstić information content (AvgIpc) is 1.63. The summed E-state index contributed by atoms with van der Waals surface area (Å²) in [5, 5.41) is 8.91. The summed E-state index contributed by atoms with van der Waals surface area (Å²) >= 11 is 0. The number of ketones is 1. The normalized spacial score (nSPS) is 14.1. The van der Waals surface area contributed by atoms with Gasteiger partial charge in [0.1, 0.15) is 5.78 Å². The molecule has 0 radical (unpaired) electrons. The number of Topliss-reactive ketones (excluding diaryl/α,β-unsaturated/α-hetero) is 1. The molecule has 0 aliphatic carbocycles. The van der Waals surface area contributed by atoms with Gasteiger partial charge >= 0.3 is 0 Å². The van der Waals surface area contributed by atoms with Gasteiger partial charge in [0.05, 0.1) is 6.10 Å². The maximum atomic E-state index is 10.3. The zero-order valence-electron chi connectivity index (χ0n) is 5.79. The molecule has 0 spiro atoms. The third-order valence-corrected chi connectivity index (χ3v) is 0.911. The van der Waals surface area contributed by atoms with Gasteiger partial charge in [0.25, 0.3) is 0 Å². The quantitative estimate of drug-likeness (QED) is 0.573. The first kappa shape index (κ1) is 8.37. The van der Waals surface area contributed by atoms with Gasteiger partial charge in [0, 0.05) is 6.42 Å². The Hall–Kier alpha value is -0.630. The Morgan fingerprint density at radius 1 is 1.78 bits per heavy atom. The van der Waals surface area contributed by atoms with Crippen LogP contribution in [-0.2, 0) is 4.79 Å². The van der Waals surface area contributed by atoms with E-state index in [1.807, 2.05) is 6.92 Å². The lowest BCUT2D eigenvalue weighted by molar-refractivity contribution is -0.118. The van der Waals surface area contributed by atoms with Crippen molar-refractivity contribution in [3.63, 3.8) is 0 Å². The fourth-order valence-corrected chi connectivity index (χ4v) is 0.585. The molecule has 0 fully saturated rings. The molecule has 9 heavy (non-hydrogen) atoms. The number of aliphatic hydroxyl groups is 1. The van der Waals surface area contributed by atoms with E-state index in [-0.39, 0.29) is 12.2 Å². The van der Waals surface area contributed by atoms with Crippen LogP contribution in [0.3, 0.4) is 0 Å². The second-order valence-electron chi connectivity index (χ2n) is 2.00. The van der Waals surface area contributed by atoms with Crippen LogP contribution < -0.4 is 0 Å². The zero-order chi connectivity index (χ0) is 7.28. The lowest BCUT2D eigenvalue weighted by atomic mass is 10.2. The standard InChI is InChI=1S/C7H12O2/c1-3-4-7(9)5-6(2)8/h3-4,7,9H,5H2,1-2H3/b4-3+. The average molecular weight is 128 g/mol. The molecule has 0 aliphatic heterocycles. The van der Waals surface area contributed by atoms with E-state index in [0.29, 0.717) is 0 Å². The number of carbonyl (C=O) groups is 1. The van der Waals surface area contributed by atoms with Gasteiger partial charge in [-0.3, -0.25) is 4.79 Å². The Morgan fingerprint density at radius 2 is 2.33 bits per heavy atom.